The Balaban J connectivity index is 1.25. The van der Waals surface area contributed by atoms with Crippen molar-refractivity contribution in [3.05, 3.63) is 169 Å². The van der Waals surface area contributed by atoms with E-state index in [1.165, 1.54) is 104 Å². The second kappa shape index (κ2) is 10.2. The van der Waals surface area contributed by atoms with E-state index in [1.807, 2.05) is 0 Å². The Bertz CT molecular complexity index is 3360. The van der Waals surface area contributed by atoms with Crippen molar-refractivity contribution >= 4 is 87.7 Å². The number of para-hydroxylation sites is 3. The summed E-state index contributed by atoms with van der Waals surface area (Å²) in [5, 5.41) is 11.6. The van der Waals surface area contributed by atoms with Gasteiger partial charge in [-0.15, -0.1) is 0 Å². The number of benzene rings is 7. The van der Waals surface area contributed by atoms with Gasteiger partial charge in [0, 0.05) is 66.8 Å². The van der Waals surface area contributed by atoms with Gasteiger partial charge in [-0.3, -0.25) is 0 Å². The van der Waals surface area contributed by atoms with Crippen molar-refractivity contribution in [3.8, 4) is 11.4 Å². The first kappa shape index (κ1) is 28.2. The van der Waals surface area contributed by atoms with E-state index in [9.17, 15) is 0 Å². The number of aromatic nitrogens is 3. The zero-order valence-corrected chi connectivity index (χ0v) is 28.8. The maximum Gasteiger partial charge on any atom is 0.0642 e. The van der Waals surface area contributed by atoms with Crippen LogP contribution in [0.1, 0.15) is 24.6 Å². The molecule has 3 nitrogen and oxygen atoms in total. The van der Waals surface area contributed by atoms with Gasteiger partial charge in [-0.05, 0) is 71.8 Å². The molecule has 0 unspecified atom stereocenters. The molecule has 0 saturated carbocycles. The Hall–Kier alpha value is -6.58. The van der Waals surface area contributed by atoms with Gasteiger partial charge in [0.25, 0.3) is 0 Å². The number of rotatable bonds is 3. The number of fused-ring (bicyclic) bond motifs is 14. The monoisotopic (exact) mass is 663 g/mol. The minimum Gasteiger partial charge on any atom is -0.313 e. The van der Waals surface area contributed by atoms with Crippen LogP contribution >= 0.6 is 0 Å². The average Bonchev–Trinajstić information content (AvgIpc) is 3.85. The molecule has 0 atom stereocenters. The maximum atomic E-state index is 2.56. The molecule has 0 saturated heterocycles. The summed E-state index contributed by atoms with van der Waals surface area (Å²) < 4.78 is 7.57. The molecule has 11 aromatic rings. The molecule has 52 heavy (non-hydrogen) atoms. The van der Waals surface area contributed by atoms with E-state index in [4.69, 9.17) is 0 Å². The van der Waals surface area contributed by atoms with Crippen molar-refractivity contribution < 1.29 is 0 Å². The predicted molar refractivity (Wildman–Crippen MR) is 221 cm³/mol. The summed E-state index contributed by atoms with van der Waals surface area (Å²) >= 11 is 0. The normalized spacial score (nSPS) is 13.5. The van der Waals surface area contributed by atoms with E-state index in [1.54, 1.807) is 0 Å². The highest BCUT2D eigenvalue weighted by Crippen LogP contribution is 2.47. The largest absolute Gasteiger partial charge is 0.313 e. The summed E-state index contributed by atoms with van der Waals surface area (Å²) in [4.78, 5) is 0. The van der Waals surface area contributed by atoms with Crippen molar-refractivity contribution in [1.29, 1.82) is 0 Å². The molecule has 1 aliphatic carbocycles. The molecule has 0 aliphatic heterocycles. The van der Waals surface area contributed by atoms with Crippen LogP contribution in [0.5, 0.6) is 0 Å². The van der Waals surface area contributed by atoms with E-state index in [0.717, 1.165) is 18.5 Å². The topological polar surface area (TPSA) is 14.3 Å². The highest BCUT2D eigenvalue weighted by molar-refractivity contribution is 6.34. The molecule has 0 N–H and O–H groups in total. The molecular weight excluding hydrogens is 631 g/mol. The Morgan fingerprint density at radius 3 is 1.96 bits per heavy atom. The van der Waals surface area contributed by atoms with Crippen LogP contribution in [0.4, 0.5) is 0 Å². The minimum atomic E-state index is 0.933. The first-order valence-electron chi connectivity index (χ1n) is 18.4. The second-order valence-electron chi connectivity index (χ2n) is 14.4. The van der Waals surface area contributed by atoms with Crippen molar-refractivity contribution in [1.82, 2.24) is 13.5 Å². The summed E-state index contributed by atoms with van der Waals surface area (Å²) in [6.45, 7) is 2.27. The van der Waals surface area contributed by atoms with Gasteiger partial charge in [-0.1, -0.05) is 116 Å². The summed E-state index contributed by atoms with van der Waals surface area (Å²) in [6, 6.07) is 52.1. The standard InChI is InChI=1S/C49H33N3/c1-2-30-13-11-21-36-35-18-5-8-22-42(35)50(45(36)25-30)33-16-12-17-34(28-33)51-46-27-32-15-4-3-14-31(32)26-39(46)41-29-40-37-19-6-9-23-43(37)52-44-24-10-7-20-38(44)47(48(41)51)49(40)52/h3-24,26-29H,2,25H2,1H3. The van der Waals surface area contributed by atoms with Crippen LogP contribution in [0.3, 0.4) is 0 Å². The van der Waals surface area contributed by atoms with Gasteiger partial charge in [-0.25, -0.2) is 0 Å². The zero-order valence-electron chi connectivity index (χ0n) is 28.8. The third-order valence-electron chi connectivity index (χ3n) is 11.8. The molecule has 244 valence electrons. The highest BCUT2D eigenvalue weighted by atomic mass is 15.0. The Kier molecular flexibility index (Phi) is 5.55. The molecule has 4 heterocycles. The number of hydrogen-bond acceptors (Lipinski definition) is 0. The summed E-state index contributed by atoms with van der Waals surface area (Å²) in [6.07, 6.45) is 8.82. The fourth-order valence-corrected chi connectivity index (χ4v) is 9.50. The molecule has 12 rings (SSSR count). The van der Waals surface area contributed by atoms with Crippen molar-refractivity contribution in [2.45, 2.75) is 19.8 Å². The van der Waals surface area contributed by atoms with Crippen LogP contribution in [0.2, 0.25) is 0 Å². The van der Waals surface area contributed by atoms with E-state index in [2.05, 4.69) is 178 Å². The van der Waals surface area contributed by atoms with Crippen LogP contribution < -0.4 is 0 Å². The van der Waals surface area contributed by atoms with Crippen LogP contribution in [-0.2, 0) is 6.42 Å². The highest BCUT2D eigenvalue weighted by Gasteiger charge is 2.25. The Labute approximate surface area is 299 Å². The molecule has 1 aliphatic rings. The first-order valence-corrected chi connectivity index (χ1v) is 18.4. The SMILES string of the molecule is CCC1=CC=Cc2c(n(-c3cccc(-n4c5cc6ccccc6cc5c5cc6c7ccccc7n7c8ccccc8c(c54)c67)c3)c3ccccc23)C1. The van der Waals surface area contributed by atoms with Crippen LogP contribution in [0, 0.1) is 0 Å². The Morgan fingerprint density at radius 2 is 1.15 bits per heavy atom. The summed E-state index contributed by atoms with van der Waals surface area (Å²) in [7, 11) is 0. The van der Waals surface area contributed by atoms with Gasteiger partial charge in [0.2, 0.25) is 0 Å². The molecular formula is C49H33N3. The van der Waals surface area contributed by atoms with Crippen LogP contribution in [0.25, 0.3) is 99.0 Å². The molecule has 0 fully saturated rings. The maximum absolute atomic E-state index is 2.56. The van der Waals surface area contributed by atoms with Gasteiger partial charge in [-0.2, -0.15) is 0 Å². The second-order valence-corrected chi connectivity index (χ2v) is 14.4. The van der Waals surface area contributed by atoms with Gasteiger partial charge in [0.05, 0.1) is 33.1 Å². The lowest BCUT2D eigenvalue weighted by molar-refractivity contribution is 0.925. The Morgan fingerprint density at radius 1 is 0.500 bits per heavy atom. The van der Waals surface area contributed by atoms with Crippen LogP contribution in [0.15, 0.2) is 157 Å². The van der Waals surface area contributed by atoms with E-state index in [0.29, 0.717) is 0 Å². The molecule has 3 heteroatoms. The fraction of sp³-hybridized carbons (Fsp3) is 0.0612. The lowest BCUT2D eigenvalue weighted by atomic mass is 10.0. The fourth-order valence-electron chi connectivity index (χ4n) is 9.50. The number of hydrogen-bond donors (Lipinski definition) is 0. The quantitative estimate of drug-likeness (QED) is 0.179. The van der Waals surface area contributed by atoms with E-state index in [-0.39, 0.29) is 0 Å². The van der Waals surface area contributed by atoms with Gasteiger partial charge >= 0.3 is 0 Å². The van der Waals surface area contributed by atoms with Gasteiger partial charge in [0.1, 0.15) is 0 Å². The van der Waals surface area contributed by atoms with E-state index >= 15 is 0 Å². The predicted octanol–water partition coefficient (Wildman–Crippen LogP) is 12.9. The lowest BCUT2D eigenvalue weighted by Crippen LogP contribution is -2.04. The number of nitrogens with zero attached hydrogens (tertiary/aromatic N) is 3. The zero-order chi connectivity index (χ0) is 34.1. The molecule has 7 aromatic carbocycles. The third kappa shape index (κ3) is 3.60. The minimum absolute atomic E-state index is 0.933. The smallest absolute Gasteiger partial charge is 0.0642 e. The van der Waals surface area contributed by atoms with E-state index < -0.39 is 0 Å². The molecule has 4 aromatic heterocycles. The molecule has 0 radical (unpaired) electrons. The van der Waals surface area contributed by atoms with Crippen LogP contribution in [-0.4, -0.2) is 13.5 Å². The van der Waals surface area contributed by atoms with Crippen molar-refractivity contribution in [3.63, 3.8) is 0 Å². The van der Waals surface area contributed by atoms with Gasteiger partial charge < -0.3 is 13.5 Å². The van der Waals surface area contributed by atoms with Gasteiger partial charge in [0.15, 0.2) is 0 Å². The molecule has 0 bridgehead atoms. The first-order chi connectivity index (χ1) is 25.8. The lowest BCUT2D eigenvalue weighted by Gasteiger charge is -2.16. The molecule has 0 amide bonds. The molecule has 0 spiro atoms. The van der Waals surface area contributed by atoms with Crippen molar-refractivity contribution in [2.75, 3.05) is 0 Å². The average molecular weight is 664 g/mol. The third-order valence-corrected chi connectivity index (χ3v) is 11.8. The summed E-state index contributed by atoms with van der Waals surface area (Å²) in [5.74, 6) is 0. The number of allylic oxidation sites excluding steroid dienone is 3. The van der Waals surface area contributed by atoms with Crippen molar-refractivity contribution in [2.24, 2.45) is 0 Å². The summed E-state index contributed by atoms with van der Waals surface area (Å²) in [5.41, 5.74) is 14.0.